The van der Waals surface area contributed by atoms with E-state index in [2.05, 4.69) is 0 Å². The fourth-order valence-electron chi connectivity index (χ4n) is 3.29. The summed E-state index contributed by atoms with van der Waals surface area (Å²) in [5, 5.41) is 0. The van der Waals surface area contributed by atoms with Crippen LogP contribution >= 0.6 is 0 Å². The van der Waals surface area contributed by atoms with Crippen LogP contribution in [0.1, 0.15) is 17.5 Å². The zero-order valence-corrected chi connectivity index (χ0v) is 10.9. The molecule has 2 aliphatic rings. The van der Waals surface area contributed by atoms with Crippen LogP contribution in [-0.2, 0) is 14.9 Å². The van der Waals surface area contributed by atoms with Gasteiger partial charge in [-0.1, -0.05) is 48.5 Å². The van der Waals surface area contributed by atoms with E-state index < -0.39 is 5.41 Å². The van der Waals surface area contributed by atoms with Gasteiger partial charge in [-0.15, -0.1) is 0 Å². The Hall–Kier alpha value is -2.29. The highest BCUT2D eigenvalue weighted by molar-refractivity contribution is 5.90. The Morgan fingerprint density at radius 2 is 1.75 bits per heavy atom. The number of hydrogen-bond donors (Lipinski definition) is 0. The Morgan fingerprint density at radius 3 is 2.60 bits per heavy atom. The Bertz CT molecular complexity index is 665. The van der Waals surface area contributed by atoms with Crippen molar-refractivity contribution >= 4 is 5.97 Å². The molecule has 20 heavy (non-hydrogen) atoms. The predicted octanol–water partition coefficient (Wildman–Crippen LogP) is 2.68. The van der Waals surface area contributed by atoms with Gasteiger partial charge >= 0.3 is 5.97 Å². The Morgan fingerprint density at radius 1 is 1.00 bits per heavy atom. The number of carbonyl (C=O) groups is 1. The van der Waals surface area contributed by atoms with Gasteiger partial charge in [0.05, 0.1) is 0 Å². The fourth-order valence-corrected chi connectivity index (χ4v) is 3.29. The molecule has 2 bridgehead atoms. The number of hydrogen-bond acceptors (Lipinski definition) is 3. The molecule has 2 heterocycles. The molecule has 0 spiro atoms. The molecule has 0 amide bonds. The summed E-state index contributed by atoms with van der Waals surface area (Å²) in [5.74, 6) is 0.625. The third-order valence-electron chi connectivity index (χ3n) is 4.19. The minimum atomic E-state index is -0.723. The molecular weight excluding hydrogens is 252 g/mol. The number of ether oxygens (including phenoxy) is 2. The summed E-state index contributed by atoms with van der Waals surface area (Å²) in [7, 11) is 0. The number of cyclic esters (lactones) is 1. The molecule has 4 rings (SSSR count). The predicted molar refractivity (Wildman–Crippen MR) is 73.7 cm³/mol. The fraction of sp³-hybridized carbons (Fsp3) is 0.235. The van der Waals surface area contributed by atoms with Crippen LogP contribution in [0.3, 0.4) is 0 Å². The topological polar surface area (TPSA) is 35.5 Å². The van der Waals surface area contributed by atoms with Gasteiger partial charge in [-0.25, -0.2) is 0 Å². The molecule has 0 saturated carbocycles. The maximum atomic E-state index is 12.6. The van der Waals surface area contributed by atoms with Gasteiger partial charge in [0.1, 0.15) is 23.9 Å². The molecule has 0 radical (unpaired) electrons. The summed E-state index contributed by atoms with van der Waals surface area (Å²) in [6, 6.07) is 17.6. The van der Waals surface area contributed by atoms with E-state index >= 15 is 0 Å². The van der Waals surface area contributed by atoms with Gasteiger partial charge < -0.3 is 9.47 Å². The molecule has 1 fully saturated rings. The van der Waals surface area contributed by atoms with E-state index in [0.717, 1.165) is 16.9 Å². The van der Waals surface area contributed by atoms with E-state index in [0.29, 0.717) is 13.0 Å². The first-order chi connectivity index (χ1) is 9.80. The number of fused-ring (bicyclic) bond motifs is 4. The lowest BCUT2D eigenvalue weighted by Crippen LogP contribution is -2.52. The minimum absolute atomic E-state index is 0.0668. The maximum Gasteiger partial charge on any atom is 0.321 e. The van der Waals surface area contributed by atoms with Gasteiger partial charge in [-0.2, -0.15) is 0 Å². The molecule has 3 nitrogen and oxygen atoms in total. The quantitative estimate of drug-likeness (QED) is 0.744. The summed E-state index contributed by atoms with van der Waals surface area (Å²) in [6.07, 6.45) is 0.579. The number of benzene rings is 2. The number of para-hydroxylation sites is 1. The Balaban J connectivity index is 2.01. The second kappa shape index (κ2) is 4.10. The van der Waals surface area contributed by atoms with Crippen molar-refractivity contribution in [3.05, 3.63) is 65.7 Å². The minimum Gasteiger partial charge on any atom is -0.486 e. The van der Waals surface area contributed by atoms with Crippen LogP contribution in [0.4, 0.5) is 0 Å². The second-order valence-corrected chi connectivity index (χ2v) is 5.31. The van der Waals surface area contributed by atoms with Gasteiger partial charge in [0, 0.05) is 12.0 Å². The average Bonchev–Trinajstić information content (AvgIpc) is 2.52. The van der Waals surface area contributed by atoms with E-state index in [9.17, 15) is 4.79 Å². The zero-order valence-electron chi connectivity index (χ0n) is 10.9. The van der Waals surface area contributed by atoms with Crippen molar-refractivity contribution in [2.24, 2.45) is 0 Å². The number of rotatable bonds is 1. The van der Waals surface area contributed by atoms with E-state index in [1.807, 2.05) is 54.6 Å². The third-order valence-corrected chi connectivity index (χ3v) is 4.19. The summed E-state index contributed by atoms with van der Waals surface area (Å²) >= 11 is 0. The normalized spacial score (nSPS) is 27.2. The van der Waals surface area contributed by atoms with Crippen LogP contribution in [0.15, 0.2) is 54.6 Å². The summed E-state index contributed by atoms with van der Waals surface area (Å²) < 4.78 is 11.3. The molecule has 0 N–H and O–H groups in total. The second-order valence-electron chi connectivity index (χ2n) is 5.31. The number of carbonyl (C=O) groups excluding carboxylic acids is 1. The van der Waals surface area contributed by atoms with E-state index in [1.54, 1.807) is 0 Å². The van der Waals surface area contributed by atoms with Crippen molar-refractivity contribution in [2.45, 2.75) is 17.9 Å². The molecule has 0 unspecified atom stereocenters. The molecule has 0 aliphatic carbocycles. The lowest BCUT2D eigenvalue weighted by Gasteiger charge is -2.44. The van der Waals surface area contributed by atoms with E-state index in [4.69, 9.17) is 9.47 Å². The van der Waals surface area contributed by atoms with Crippen molar-refractivity contribution in [1.29, 1.82) is 0 Å². The summed E-state index contributed by atoms with van der Waals surface area (Å²) in [6.45, 7) is 0.335. The first kappa shape index (κ1) is 11.5. The molecule has 3 heteroatoms. The SMILES string of the molecule is O=C1OC[C@H]2C[C@@]1(c1ccccc1)c1ccccc1O2. The van der Waals surface area contributed by atoms with Crippen molar-refractivity contribution in [3.63, 3.8) is 0 Å². The summed E-state index contributed by atoms with van der Waals surface area (Å²) in [5.41, 5.74) is 1.16. The molecule has 2 atom stereocenters. The van der Waals surface area contributed by atoms with E-state index in [1.165, 1.54) is 0 Å². The third kappa shape index (κ3) is 1.43. The van der Waals surface area contributed by atoms with Crippen molar-refractivity contribution in [1.82, 2.24) is 0 Å². The van der Waals surface area contributed by atoms with Gasteiger partial charge in [-0.3, -0.25) is 4.79 Å². The Labute approximate surface area is 117 Å². The molecule has 100 valence electrons. The van der Waals surface area contributed by atoms with Gasteiger partial charge in [0.2, 0.25) is 0 Å². The number of esters is 1. The van der Waals surface area contributed by atoms with E-state index in [-0.39, 0.29) is 12.1 Å². The monoisotopic (exact) mass is 266 g/mol. The van der Waals surface area contributed by atoms with Gasteiger partial charge in [-0.05, 0) is 11.6 Å². The zero-order chi connectivity index (χ0) is 13.6. The van der Waals surface area contributed by atoms with Gasteiger partial charge in [0.15, 0.2) is 0 Å². The largest absolute Gasteiger partial charge is 0.486 e. The Kier molecular flexibility index (Phi) is 2.36. The van der Waals surface area contributed by atoms with Crippen LogP contribution < -0.4 is 4.74 Å². The maximum absolute atomic E-state index is 12.6. The average molecular weight is 266 g/mol. The standard InChI is InChI=1S/C17H14O3/c18-16-17(12-6-2-1-3-7-12)10-13(11-19-16)20-15-9-5-4-8-14(15)17/h1-9,13H,10-11H2/t13-,17-/m1/s1. The van der Waals surface area contributed by atoms with Gasteiger partial charge in [0.25, 0.3) is 0 Å². The van der Waals surface area contributed by atoms with Crippen molar-refractivity contribution in [3.8, 4) is 5.75 Å². The first-order valence-electron chi connectivity index (χ1n) is 6.79. The van der Waals surface area contributed by atoms with Crippen LogP contribution in [0.25, 0.3) is 0 Å². The van der Waals surface area contributed by atoms with Crippen molar-refractivity contribution < 1.29 is 14.3 Å². The molecular formula is C17H14O3. The molecule has 2 aromatic carbocycles. The first-order valence-corrected chi connectivity index (χ1v) is 6.79. The lowest BCUT2D eigenvalue weighted by molar-refractivity contribution is -0.161. The lowest BCUT2D eigenvalue weighted by atomic mass is 9.68. The van der Waals surface area contributed by atoms with Crippen LogP contribution in [0.5, 0.6) is 5.75 Å². The molecule has 2 aliphatic heterocycles. The molecule has 0 aromatic heterocycles. The van der Waals surface area contributed by atoms with Crippen molar-refractivity contribution in [2.75, 3.05) is 6.61 Å². The van der Waals surface area contributed by atoms with Crippen LogP contribution in [0, 0.1) is 0 Å². The van der Waals surface area contributed by atoms with Crippen LogP contribution in [0.2, 0.25) is 0 Å². The summed E-state index contributed by atoms with van der Waals surface area (Å²) in [4.78, 5) is 12.6. The smallest absolute Gasteiger partial charge is 0.321 e. The molecule has 2 aromatic rings. The van der Waals surface area contributed by atoms with Crippen LogP contribution in [-0.4, -0.2) is 18.7 Å². The molecule has 1 saturated heterocycles. The highest BCUT2D eigenvalue weighted by Crippen LogP contribution is 2.48. The highest BCUT2D eigenvalue weighted by Gasteiger charge is 2.53. The highest BCUT2D eigenvalue weighted by atomic mass is 16.6.